The van der Waals surface area contributed by atoms with Crippen LogP contribution in [-0.2, 0) is 0 Å². The third-order valence-corrected chi connectivity index (χ3v) is 3.13. The fourth-order valence-corrected chi connectivity index (χ4v) is 2.15. The van der Waals surface area contributed by atoms with Crippen molar-refractivity contribution in [1.29, 1.82) is 0 Å². The van der Waals surface area contributed by atoms with E-state index in [4.69, 9.17) is 10.5 Å². The predicted molar refractivity (Wildman–Crippen MR) is 65.7 cm³/mol. The first-order valence-corrected chi connectivity index (χ1v) is 5.85. The van der Waals surface area contributed by atoms with Gasteiger partial charge in [-0.05, 0) is 30.3 Å². The van der Waals surface area contributed by atoms with Crippen molar-refractivity contribution in [3.63, 3.8) is 0 Å². The minimum Gasteiger partial charge on any atom is -0.480 e. The molecular formula is C12H10F2N2OS. The van der Waals surface area contributed by atoms with Gasteiger partial charge in [-0.15, -0.1) is 0 Å². The van der Waals surface area contributed by atoms with Crippen LogP contribution in [0.2, 0.25) is 0 Å². The Kier molecular flexibility index (Phi) is 3.66. The van der Waals surface area contributed by atoms with Gasteiger partial charge in [0.1, 0.15) is 16.7 Å². The van der Waals surface area contributed by atoms with Crippen molar-refractivity contribution in [2.75, 3.05) is 12.8 Å². The molecule has 0 amide bonds. The Labute approximate surface area is 107 Å². The Balaban J connectivity index is 2.31. The largest absolute Gasteiger partial charge is 0.480 e. The molecule has 0 saturated heterocycles. The zero-order chi connectivity index (χ0) is 13.1. The third kappa shape index (κ3) is 2.70. The summed E-state index contributed by atoms with van der Waals surface area (Å²) in [7, 11) is 1.44. The van der Waals surface area contributed by atoms with E-state index in [0.717, 1.165) is 30.0 Å². The highest BCUT2D eigenvalue weighted by atomic mass is 32.2. The second kappa shape index (κ2) is 5.22. The minimum absolute atomic E-state index is 0.161. The topological polar surface area (TPSA) is 48.1 Å². The maximum atomic E-state index is 13.4. The fraction of sp³-hybridized carbons (Fsp3) is 0.0833. The molecule has 0 aliphatic carbocycles. The summed E-state index contributed by atoms with van der Waals surface area (Å²) in [6, 6.07) is 6.48. The van der Waals surface area contributed by atoms with E-state index in [1.807, 2.05) is 0 Å². The van der Waals surface area contributed by atoms with Crippen molar-refractivity contribution in [2.45, 2.75) is 9.92 Å². The lowest BCUT2D eigenvalue weighted by atomic mass is 10.3. The van der Waals surface area contributed by atoms with E-state index in [9.17, 15) is 8.78 Å². The number of nitrogens with zero attached hydrogens (tertiary/aromatic N) is 1. The number of nitrogen functional groups attached to an aromatic ring is 1. The molecule has 0 unspecified atom stereocenters. The van der Waals surface area contributed by atoms with Crippen LogP contribution in [0.25, 0.3) is 0 Å². The van der Waals surface area contributed by atoms with E-state index in [-0.39, 0.29) is 10.8 Å². The second-order valence-corrected chi connectivity index (χ2v) is 4.49. The normalized spacial score (nSPS) is 10.4. The van der Waals surface area contributed by atoms with Crippen molar-refractivity contribution in [3.8, 4) is 5.88 Å². The average molecular weight is 268 g/mol. The third-order valence-electron chi connectivity index (χ3n) is 2.17. The standard InChI is InChI=1S/C12H10F2N2OS/c1-17-12-9(15)4-5-11(16-12)18-10-6-7(13)2-3-8(10)14/h2-6H,15H2,1H3. The van der Waals surface area contributed by atoms with E-state index in [1.54, 1.807) is 12.1 Å². The van der Waals surface area contributed by atoms with Crippen molar-refractivity contribution in [3.05, 3.63) is 42.0 Å². The highest BCUT2D eigenvalue weighted by molar-refractivity contribution is 7.99. The molecule has 1 aromatic carbocycles. The van der Waals surface area contributed by atoms with Crippen LogP contribution in [0, 0.1) is 11.6 Å². The molecule has 0 aliphatic heterocycles. The zero-order valence-electron chi connectivity index (χ0n) is 9.48. The Morgan fingerprint density at radius 1 is 1.22 bits per heavy atom. The average Bonchev–Trinajstić information content (AvgIpc) is 2.36. The smallest absolute Gasteiger partial charge is 0.237 e. The fourth-order valence-electron chi connectivity index (χ4n) is 1.32. The van der Waals surface area contributed by atoms with E-state index < -0.39 is 11.6 Å². The number of pyridine rings is 1. The van der Waals surface area contributed by atoms with E-state index in [2.05, 4.69) is 4.98 Å². The number of hydrogen-bond donors (Lipinski definition) is 1. The molecule has 0 radical (unpaired) electrons. The number of halogens is 2. The van der Waals surface area contributed by atoms with Gasteiger partial charge in [0.25, 0.3) is 0 Å². The van der Waals surface area contributed by atoms with Crippen LogP contribution in [0.4, 0.5) is 14.5 Å². The summed E-state index contributed by atoms with van der Waals surface area (Å²) in [6.45, 7) is 0. The minimum atomic E-state index is -0.501. The molecule has 94 valence electrons. The molecule has 6 heteroatoms. The van der Waals surface area contributed by atoms with Gasteiger partial charge < -0.3 is 10.5 Å². The van der Waals surface area contributed by atoms with Gasteiger partial charge in [0, 0.05) is 0 Å². The molecule has 0 bridgehead atoms. The first-order valence-electron chi connectivity index (χ1n) is 5.03. The van der Waals surface area contributed by atoms with Crippen LogP contribution in [0.3, 0.4) is 0 Å². The van der Waals surface area contributed by atoms with Gasteiger partial charge in [-0.25, -0.2) is 13.8 Å². The van der Waals surface area contributed by atoms with Gasteiger partial charge in [0.2, 0.25) is 5.88 Å². The number of methoxy groups -OCH3 is 1. The van der Waals surface area contributed by atoms with Crippen LogP contribution in [0.1, 0.15) is 0 Å². The van der Waals surface area contributed by atoms with Crippen LogP contribution in [0.15, 0.2) is 40.3 Å². The highest BCUT2D eigenvalue weighted by Gasteiger charge is 2.09. The number of rotatable bonds is 3. The molecule has 0 fully saturated rings. The number of ether oxygens (including phenoxy) is 1. The quantitative estimate of drug-likeness (QED) is 0.929. The monoisotopic (exact) mass is 268 g/mol. The van der Waals surface area contributed by atoms with Gasteiger partial charge in [-0.1, -0.05) is 11.8 Å². The molecular weight excluding hydrogens is 258 g/mol. The van der Waals surface area contributed by atoms with Crippen LogP contribution >= 0.6 is 11.8 Å². The second-order valence-electron chi connectivity index (χ2n) is 3.42. The van der Waals surface area contributed by atoms with Crippen molar-refractivity contribution >= 4 is 17.4 Å². The summed E-state index contributed by atoms with van der Waals surface area (Å²) in [5, 5.41) is 0.477. The van der Waals surface area contributed by atoms with Crippen molar-refractivity contribution in [2.24, 2.45) is 0 Å². The van der Waals surface area contributed by atoms with Gasteiger partial charge in [0.15, 0.2) is 0 Å². The van der Waals surface area contributed by atoms with Gasteiger partial charge in [-0.3, -0.25) is 0 Å². The van der Waals surface area contributed by atoms with E-state index >= 15 is 0 Å². The molecule has 0 saturated carbocycles. The summed E-state index contributed by atoms with van der Waals surface area (Å²) in [6.07, 6.45) is 0. The molecule has 0 spiro atoms. The number of anilines is 1. The van der Waals surface area contributed by atoms with Crippen molar-refractivity contribution < 1.29 is 13.5 Å². The Morgan fingerprint density at radius 2 is 2.00 bits per heavy atom. The van der Waals surface area contributed by atoms with E-state index in [0.29, 0.717) is 10.7 Å². The lowest BCUT2D eigenvalue weighted by Gasteiger charge is -2.06. The number of nitrogens with two attached hydrogens (primary N) is 1. The van der Waals surface area contributed by atoms with Gasteiger partial charge >= 0.3 is 0 Å². The lowest BCUT2D eigenvalue weighted by molar-refractivity contribution is 0.397. The summed E-state index contributed by atoms with van der Waals surface area (Å²) in [5.74, 6) is -0.739. The van der Waals surface area contributed by atoms with Crippen LogP contribution in [-0.4, -0.2) is 12.1 Å². The molecule has 0 atom stereocenters. The number of aromatic nitrogens is 1. The Hall–Kier alpha value is -1.82. The molecule has 1 heterocycles. The summed E-state index contributed by atoms with van der Waals surface area (Å²) >= 11 is 1.00. The molecule has 3 nitrogen and oxygen atoms in total. The van der Waals surface area contributed by atoms with Gasteiger partial charge in [0.05, 0.1) is 17.7 Å². The predicted octanol–water partition coefficient (Wildman–Crippen LogP) is 3.10. The number of hydrogen-bond acceptors (Lipinski definition) is 4. The molecule has 18 heavy (non-hydrogen) atoms. The first kappa shape index (κ1) is 12.6. The highest BCUT2D eigenvalue weighted by Crippen LogP contribution is 2.31. The van der Waals surface area contributed by atoms with Crippen LogP contribution < -0.4 is 10.5 Å². The SMILES string of the molecule is COc1nc(Sc2cc(F)ccc2F)ccc1N. The van der Waals surface area contributed by atoms with Crippen LogP contribution in [0.5, 0.6) is 5.88 Å². The summed E-state index contributed by atoms with van der Waals surface area (Å²) in [5.41, 5.74) is 6.01. The van der Waals surface area contributed by atoms with Crippen molar-refractivity contribution in [1.82, 2.24) is 4.98 Å². The maximum Gasteiger partial charge on any atom is 0.237 e. The molecule has 1 aromatic heterocycles. The van der Waals surface area contributed by atoms with E-state index in [1.165, 1.54) is 7.11 Å². The molecule has 0 aliphatic rings. The molecule has 2 N–H and O–H groups in total. The zero-order valence-corrected chi connectivity index (χ0v) is 10.3. The lowest BCUT2D eigenvalue weighted by Crippen LogP contribution is -1.96. The first-order chi connectivity index (χ1) is 8.60. The molecule has 2 aromatic rings. The number of benzene rings is 1. The Bertz CT molecular complexity index is 578. The van der Waals surface area contributed by atoms with Gasteiger partial charge in [-0.2, -0.15) is 0 Å². The molecule has 2 rings (SSSR count). The summed E-state index contributed by atoms with van der Waals surface area (Å²) in [4.78, 5) is 4.24. The summed E-state index contributed by atoms with van der Waals surface area (Å²) < 4.78 is 31.4. The maximum absolute atomic E-state index is 13.4. The Morgan fingerprint density at radius 3 is 2.72 bits per heavy atom.